The number of aromatic nitrogens is 4. The minimum Gasteiger partial charge on any atom is -0.619 e. The van der Waals surface area contributed by atoms with Gasteiger partial charge >= 0.3 is 0 Å². The van der Waals surface area contributed by atoms with Crippen molar-refractivity contribution in [1.29, 1.82) is 0 Å². The molecule has 1 saturated carbocycles. The highest BCUT2D eigenvalue weighted by atomic mass is 16.5. The van der Waals surface area contributed by atoms with E-state index in [1.807, 2.05) is 30.3 Å². The predicted molar refractivity (Wildman–Crippen MR) is 107 cm³/mol. The average Bonchev–Trinajstić information content (AvgIpc) is 3.26. The molecule has 0 spiro atoms. The van der Waals surface area contributed by atoms with Crippen LogP contribution in [0.5, 0.6) is 0 Å². The topological polar surface area (TPSA) is 104 Å². The van der Waals surface area contributed by atoms with E-state index in [0.29, 0.717) is 34.5 Å². The fourth-order valence-electron chi connectivity index (χ4n) is 4.35. The highest BCUT2D eigenvalue weighted by molar-refractivity contribution is 5.98. The third kappa shape index (κ3) is 3.04. The second-order valence-corrected chi connectivity index (χ2v) is 7.84. The molecule has 0 aliphatic heterocycles. The van der Waals surface area contributed by atoms with Crippen molar-refractivity contribution >= 4 is 11.7 Å². The lowest BCUT2D eigenvalue weighted by Gasteiger charge is -2.17. The Hall–Kier alpha value is -3.55. The zero-order chi connectivity index (χ0) is 20.8. The number of benzene rings is 1. The van der Waals surface area contributed by atoms with Gasteiger partial charge in [0, 0.05) is 17.9 Å². The van der Waals surface area contributed by atoms with Crippen LogP contribution in [0.4, 0.5) is 0 Å². The normalized spacial score (nSPS) is 19.6. The van der Waals surface area contributed by atoms with Gasteiger partial charge in [-0.25, -0.2) is 9.67 Å². The fourth-order valence-corrected chi connectivity index (χ4v) is 4.35. The van der Waals surface area contributed by atoms with Crippen molar-refractivity contribution in [2.75, 3.05) is 0 Å². The Morgan fingerprint density at radius 1 is 1.33 bits per heavy atom. The molecule has 3 atom stereocenters. The molecule has 2 heterocycles. The van der Waals surface area contributed by atoms with Crippen molar-refractivity contribution in [2.24, 2.45) is 5.92 Å². The van der Waals surface area contributed by atoms with E-state index in [4.69, 9.17) is 0 Å². The minimum absolute atomic E-state index is 0.0643. The van der Waals surface area contributed by atoms with Crippen LogP contribution in [0, 0.1) is 11.1 Å². The first-order valence-electron chi connectivity index (χ1n) is 10.1. The molecule has 30 heavy (non-hydrogen) atoms. The highest BCUT2D eigenvalue weighted by Crippen LogP contribution is 2.57. The molecular weight excluding hydrogens is 382 g/mol. The zero-order valence-corrected chi connectivity index (χ0v) is 16.5. The van der Waals surface area contributed by atoms with Gasteiger partial charge in [-0.2, -0.15) is 9.83 Å². The molecule has 3 aromatic rings. The average molecular weight is 403 g/mol. The Bertz CT molecular complexity index is 1140. The summed E-state index contributed by atoms with van der Waals surface area (Å²) >= 11 is 0. The lowest BCUT2D eigenvalue weighted by Crippen LogP contribution is -2.34. The molecule has 0 bridgehead atoms. The molecule has 0 unspecified atom stereocenters. The van der Waals surface area contributed by atoms with Gasteiger partial charge in [-0.1, -0.05) is 37.3 Å². The number of Topliss-reactive ketones (excluding diaryl/α,β-unsaturated/α-hetero) is 1. The van der Waals surface area contributed by atoms with E-state index < -0.39 is 6.04 Å². The molecule has 1 aromatic carbocycles. The number of carbonyl (C=O) groups excluding carboxylic acids is 2. The van der Waals surface area contributed by atoms with E-state index in [1.54, 1.807) is 11.6 Å². The van der Waals surface area contributed by atoms with E-state index in [2.05, 4.69) is 15.4 Å². The number of carbonyl (C=O) groups is 2. The molecule has 1 N–H and O–H groups in total. The third-order valence-corrected chi connectivity index (χ3v) is 5.94. The smallest absolute Gasteiger partial charge is 0.272 e. The van der Waals surface area contributed by atoms with Crippen molar-refractivity contribution < 1.29 is 14.3 Å². The quantitative estimate of drug-likeness (QED) is 0.501. The monoisotopic (exact) mass is 403 g/mol. The molecule has 0 saturated heterocycles. The maximum atomic E-state index is 13.2. The number of nitrogens with zero attached hydrogens (tertiary/aromatic N) is 4. The van der Waals surface area contributed by atoms with Crippen molar-refractivity contribution in [3.8, 4) is 5.82 Å². The first kappa shape index (κ1) is 18.5. The number of amides is 1. The van der Waals surface area contributed by atoms with Gasteiger partial charge in [-0.05, 0) is 24.3 Å². The van der Waals surface area contributed by atoms with E-state index in [0.717, 1.165) is 29.7 Å². The maximum absolute atomic E-state index is 13.2. The molecule has 152 valence electrons. The van der Waals surface area contributed by atoms with Crippen molar-refractivity contribution in [2.45, 2.75) is 38.1 Å². The second kappa shape index (κ2) is 7.05. The van der Waals surface area contributed by atoms with Crippen LogP contribution in [-0.2, 0) is 11.2 Å². The molecule has 1 fully saturated rings. The summed E-state index contributed by atoms with van der Waals surface area (Å²) < 4.78 is 2.29. The fraction of sp³-hybridized carbons (Fsp3) is 0.318. The van der Waals surface area contributed by atoms with Crippen LogP contribution < -0.4 is 10.0 Å². The largest absolute Gasteiger partial charge is 0.619 e. The predicted octanol–water partition coefficient (Wildman–Crippen LogP) is 2.01. The number of hydrogen-bond acceptors (Lipinski definition) is 5. The highest BCUT2D eigenvalue weighted by Gasteiger charge is 2.50. The summed E-state index contributed by atoms with van der Waals surface area (Å²) in [7, 11) is 0. The van der Waals surface area contributed by atoms with Crippen molar-refractivity contribution in [3.05, 3.63) is 76.6 Å². The zero-order valence-electron chi connectivity index (χ0n) is 16.5. The summed E-state index contributed by atoms with van der Waals surface area (Å²) in [5.41, 5.74) is 2.91. The van der Waals surface area contributed by atoms with Crippen molar-refractivity contribution in [3.63, 3.8) is 0 Å². The summed E-state index contributed by atoms with van der Waals surface area (Å²) in [5, 5.41) is 19.1. The number of rotatable bonds is 6. The van der Waals surface area contributed by atoms with Gasteiger partial charge in [-0.3, -0.25) is 9.59 Å². The van der Waals surface area contributed by atoms with Gasteiger partial charge in [0.2, 0.25) is 12.0 Å². The Kier molecular flexibility index (Phi) is 4.34. The Labute approximate surface area is 173 Å². The lowest BCUT2D eigenvalue weighted by atomic mass is 10.0. The van der Waals surface area contributed by atoms with Gasteiger partial charge in [0.15, 0.2) is 17.7 Å². The van der Waals surface area contributed by atoms with Gasteiger partial charge in [0.05, 0.1) is 11.9 Å². The van der Waals surface area contributed by atoms with E-state index >= 15 is 0 Å². The van der Waals surface area contributed by atoms with Gasteiger partial charge < -0.3 is 10.5 Å². The minimum atomic E-state index is -0.723. The standard InChI is InChI=1S/C22H21N5O3/c1-2-17(28)19(13-6-4-3-5-7-13)24-22(29)20-16-11-14-10-15(14)21(16)27(25-20)18-12-26(30)9-8-23-18/h3-9,12,14-15,19H,2,10-11H2,1H3,(H,24,29)/t14-,15-,19+/m1/s1. The number of ketones is 1. The molecular formula is C22H21N5O3. The Morgan fingerprint density at radius 2 is 2.13 bits per heavy atom. The van der Waals surface area contributed by atoms with Crippen LogP contribution in [0.25, 0.3) is 5.82 Å². The number of fused-ring (bicyclic) bond motifs is 3. The van der Waals surface area contributed by atoms with E-state index in [-0.39, 0.29) is 11.7 Å². The molecule has 8 heteroatoms. The SMILES string of the molecule is CCC(=O)[C@@H](NC(=O)c1nn(-c2c[n+]([O-])ccn2)c2c1C[C@H]1C[C@@H]21)c1ccccc1. The summed E-state index contributed by atoms with van der Waals surface area (Å²) in [6, 6.07) is 8.50. The Morgan fingerprint density at radius 3 is 2.87 bits per heavy atom. The molecule has 1 amide bonds. The summed E-state index contributed by atoms with van der Waals surface area (Å²) in [6.07, 6.45) is 6.23. The van der Waals surface area contributed by atoms with Gasteiger partial charge in [-0.15, -0.1) is 0 Å². The Balaban J connectivity index is 1.51. The third-order valence-electron chi connectivity index (χ3n) is 5.94. The van der Waals surface area contributed by atoms with Crippen molar-refractivity contribution in [1.82, 2.24) is 20.1 Å². The van der Waals surface area contributed by atoms with Gasteiger partial charge in [0.25, 0.3) is 5.91 Å². The van der Waals surface area contributed by atoms with Crippen LogP contribution in [0.3, 0.4) is 0 Å². The maximum Gasteiger partial charge on any atom is 0.272 e. The molecule has 0 radical (unpaired) electrons. The second-order valence-electron chi connectivity index (χ2n) is 7.84. The van der Waals surface area contributed by atoms with Crippen LogP contribution >= 0.6 is 0 Å². The molecule has 5 rings (SSSR count). The van der Waals surface area contributed by atoms with Crippen LogP contribution in [0.2, 0.25) is 0 Å². The molecule has 2 aliphatic carbocycles. The molecule has 8 nitrogen and oxygen atoms in total. The van der Waals surface area contributed by atoms with Crippen LogP contribution in [0.15, 0.2) is 48.9 Å². The lowest BCUT2D eigenvalue weighted by molar-refractivity contribution is -0.605. The summed E-state index contributed by atoms with van der Waals surface area (Å²) in [5.74, 6) is 0.803. The summed E-state index contributed by atoms with van der Waals surface area (Å²) in [6.45, 7) is 1.78. The first-order chi connectivity index (χ1) is 14.6. The number of nitrogens with one attached hydrogen (secondary N) is 1. The first-order valence-corrected chi connectivity index (χ1v) is 10.1. The molecule has 2 aromatic heterocycles. The molecule has 2 aliphatic rings. The summed E-state index contributed by atoms with van der Waals surface area (Å²) in [4.78, 5) is 30.0. The van der Waals surface area contributed by atoms with E-state index in [1.165, 1.54) is 18.6 Å². The van der Waals surface area contributed by atoms with Crippen LogP contribution in [-0.4, -0.2) is 26.5 Å². The van der Waals surface area contributed by atoms with Crippen LogP contribution in [0.1, 0.15) is 59.0 Å². The van der Waals surface area contributed by atoms with Gasteiger partial charge in [0.1, 0.15) is 6.04 Å². The van der Waals surface area contributed by atoms with E-state index in [9.17, 15) is 14.8 Å². The number of hydrogen-bond donors (Lipinski definition) is 1.